The number of benzene rings is 1. The highest BCUT2D eigenvalue weighted by Crippen LogP contribution is 2.44. The number of alkyl halides is 1. The first kappa shape index (κ1) is 26.3. The van der Waals surface area contributed by atoms with Crippen LogP contribution in [0, 0.1) is 17.3 Å². The van der Waals surface area contributed by atoms with Crippen LogP contribution in [0.25, 0.3) is 11.3 Å². The molecule has 0 amide bonds. The fraction of sp³-hybridized carbons (Fsp3) is 0.467. The Bertz CT molecular complexity index is 1440. The van der Waals surface area contributed by atoms with Crippen molar-refractivity contribution >= 4 is 17.3 Å². The van der Waals surface area contributed by atoms with Crippen LogP contribution in [0.2, 0.25) is 0 Å². The highest BCUT2D eigenvalue weighted by molar-refractivity contribution is 5.74. The summed E-state index contributed by atoms with van der Waals surface area (Å²) in [6, 6.07) is 11.0. The number of anilines is 3. The number of halogens is 1. The third kappa shape index (κ3) is 5.52. The number of rotatable bonds is 4. The fourth-order valence-corrected chi connectivity index (χ4v) is 6.19. The van der Waals surface area contributed by atoms with E-state index in [-0.39, 0.29) is 11.2 Å². The van der Waals surface area contributed by atoms with Crippen molar-refractivity contribution in [2.45, 2.75) is 38.3 Å². The van der Waals surface area contributed by atoms with Gasteiger partial charge in [-0.3, -0.25) is 4.90 Å². The molecule has 0 aliphatic carbocycles. The number of aromatic nitrogens is 4. The minimum Gasteiger partial charge on any atom is -0.507 e. The van der Waals surface area contributed by atoms with Crippen LogP contribution in [0.1, 0.15) is 38.4 Å². The van der Waals surface area contributed by atoms with Crippen LogP contribution in [0.3, 0.4) is 0 Å². The van der Waals surface area contributed by atoms with Gasteiger partial charge in [0.05, 0.1) is 17.9 Å². The molecule has 3 aromatic rings. The minimum atomic E-state index is -1.11. The first-order valence-electron chi connectivity index (χ1n) is 13.9. The van der Waals surface area contributed by atoms with Crippen molar-refractivity contribution in [1.82, 2.24) is 25.1 Å². The van der Waals surface area contributed by atoms with Crippen LogP contribution in [0.4, 0.5) is 21.7 Å². The van der Waals surface area contributed by atoms with Gasteiger partial charge in [0, 0.05) is 51.0 Å². The quantitative estimate of drug-likeness (QED) is 0.479. The largest absolute Gasteiger partial charge is 0.507 e. The van der Waals surface area contributed by atoms with Crippen LogP contribution in [-0.2, 0) is 0 Å². The Hall–Kier alpha value is -3.97. The molecule has 0 radical (unpaired) electrons. The van der Waals surface area contributed by atoms with Crippen molar-refractivity contribution in [3.63, 3.8) is 0 Å². The predicted molar refractivity (Wildman–Crippen MR) is 154 cm³/mol. The van der Waals surface area contributed by atoms with Crippen LogP contribution in [-0.4, -0.2) is 81.7 Å². The van der Waals surface area contributed by atoms with Crippen LogP contribution < -0.4 is 15.5 Å². The Morgan fingerprint density at radius 3 is 2.52 bits per heavy atom. The Kier molecular flexibility index (Phi) is 6.92. The number of aromatic hydroxyl groups is 1. The molecule has 5 heterocycles. The number of nitrogens with zero attached hydrogens (tertiary/aromatic N) is 7. The summed E-state index contributed by atoms with van der Waals surface area (Å²) in [5.74, 6) is 8.18. The van der Waals surface area contributed by atoms with Crippen molar-refractivity contribution in [2.75, 3.05) is 61.3 Å². The summed E-state index contributed by atoms with van der Waals surface area (Å²) in [6.07, 6.45) is 5.51. The SMILES string of the molecule is C[C@@]1(F)CCN(CC#Cc2nccc(N3CCC4(CC3)CCN(c3cc(-c5ccccc5O)nnc3N)C4)n2)C1. The molecule has 6 rings (SSSR count). The number of piperidine rings is 1. The third-order valence-corrected chi connectivity index (χ3v) is 8.55. The van der Waals surface area contributed by atoms with E-state index in [1.165, 1.54) is 0 Å². The first-order valence-corrected chi connectivity index (χ1v) is 13.9. The van der Waals surface area contributed by atoms with E-state index in [0.29, 0.717) is 42.4 Å². The molecule has 1 atom stereocenters. The maximum atomic E-state index is 14.1. The summed E-state index contributed by atoms with van der Waals surface area (Å²) in [5, 5.41) is 18.7. The highest BCUT2D eigenvalue weighted by Gasteiger charge is 2.41. The number of phenols is 1. The summed E-state index contributed by atoms with van der Waals surface area (Å²) in [4.78, 5) is 15.7. The van der Waals surface area contributed by atoms with Gasteiger partial charge < -0.3 is 20.6 Å². The van der Waals surface area contributed by atoms with Gasteiger partial charge in [-0.1, -0.05) is 18.1 Å². The molecule has 1 spiro atoms. The molecule has 2 aromatic heterocycles. The third-order valence-electron chi connectivity index (χ3n) is 8.55. The zero-order chi connectivity index (χ0) is 27.7. The number of nitrogens with two attached hydrogens (primary N) is 1. The number of phenolic OH excluding ortho intramolecular Hbond substituents is 1. The fourth-order valence-electron chi connectivity index (χ4n) is 6.19. The molecule has 9 nitrogen and oxygen atoms in total. The van der Waals surface area contributed by atoms with E-state index in [1.807, 2.05) is 29.2 Å². The Balaban J connectivity index is 1.08. The van der Waals surface area contributed by atoms with Gasteiger partial charge >= 0.3 is 0 Å². The Labute approximate surface area is 234 Å². The molecule has 1 aromatic carbocycles. The first-order chi connectivity index (χ1) is 19.3. The summed E-state index contributed by atoms with van der Waals surface area (Å²) < 4.78 is 14.1. The average molecular weight is 543 g/mol. The molecule has 0 saturated carbocycles. The minimum absolute atomic E-state index is 0.174. The van der Waals surface area contributed by atoms with E-state index < -0.39 is 5.67 Å². The van der Waals surface area contributed by atoms with Crippen molar-refractivity contribution in [2.24, 2.45) is 5.41 Å². The lowest BCUT2D eigenvalue weighted by atomic mass is 9.78. The molecule has 3 aliphatic heterocycles. The number of hydrogen-bond donors (Lipinski definition) is 2. The molecular weight excluding hydrogens is 507 g/mol. The van der Waals surface area contributed by atoms with Crippen LogP contribution >= 0.6 is 0 Å². The topological polar surface area (TPSA) is 108 Å². The lowest BCUT2D eigenvalue weighted by molar-refractivity contribution is 0.194. The highest BCUT2D eigenvalue weighted by atomic mass is 19.1. The van der Waals surface area contributed by atoms with E-state index in [4.69, 9.17) is 10.7 Å². The van der Waals surface area contributed by atoms with Gasteiger partial charge in [-0.15, -0.1) is 10.2 Å². The zero-order valence-electron chi connectivity index (χ0n) is 22.9. The standard InChI is InChI=1S/C30H35FN8O/c1-29(31)9-15-37(20-29)14-4-7-26-33-13-8-27(34-26)38-16-10-30(11-17-38)12-18-39(21-30)24-19-23(35-36-28(24)32)22-5-2-3-6-25(22)40/h2-3,5-6,8,13,19,40H,9-12,14-18,20-21H2,1H3,(H2,32,36)/t29-/m1/s1. The molecule has 3 fully saturated rings. The molecule has 208 valence electrons. The number of hydrogen-bond acceptors (Lipinski definition) is 9. The van der Waals surface area contributed by atoms with E-state index in [0.717, 1.165) is 63.5 Å². The van der Waals surface area contributed by atoms with Gasteiger partial charge in [-0.2, -0.15) is 0 Å². The lowest BCUT2D eigenvalue weighted by Gasteiger charge is -2.40. The maximum Gasteiger partial charge on any atom is 0.206 e. The summed E-state index contributed by atoms with van der Waals surface area (Å²) in [5.41, 5.74) is 7.49. The molecule has 10 heteroatoms. The number of para-hydroxylation sites is 1. The Morgan fingerprint density at radius 1 is 1.00 bits per heavy atom. The van der Waals surface area contributed by atoms with Gasteiger partial charge in [0.15, 0.2) is 5.82 Å². The van der Waals surface area contributed by atoms with Gasteiger partial charge in [0.1, 0.15) is 17.2 Å². The summed E-state index contributed by atoms with van der Waals surface area (Å²) >= 11 is 0. The molecule has 3 N–H and O–H groups in total. The zero-order valence-corrected chi connectivity index (χ0v) is 22.9. The Morgan fingerprint density at radius 2 is 1.77 bits per heavy atom. The second-order valence-corrected chi connectivity index (χ2v) is 11.6. The monoisotopic (exact) mass is 542 g/mol. The maximum absolute atomic E-state index is 14.1. The van der Waals surface area contributed by atoms with Crippen molar-refractivity contribution in [3.05, 3.63) is 48.4 Å². The second kappa shape index (κ2) is 10.5. The van der Waals surface area contributed by atoms with E-state index >= 15 is 0 Å². The van der Waals surface area contributed by atoms with Gasteiger partial charge in [-0.25, -0.2) is 14.4 Å². The molecular formula is C30H35FN8O. The second-order valence-electron chi connectivity index (χ2n) is 11.6. The van der Waals surface area contributed by atoms with Crippen LogP contribution in [0.5, 0.6) is 5.75 Å². The summed E-state index contributed by atoms with van der Waals surface area (Å²) in [7, 11) is 0. The van der Waals surface area contributed by atoms with E-state index in [1.54, 1.807) is 25.3 Å². The molecule has 0 bridgehead atoms. The lowest BCUT2D eigenvalue weighted by Crippen LogP contribution is -2.42. The molecule has 0 unspecified atom stereocenters. The smallest absolute Gasteiger partial charge is 0.206 e. The predicted octanol–water partition coefficient (Wildman–Crippen LogP) is 3.50. The van der Waals surface area contributed by atoms with Gasteiger partial charge in [-0.05, 0) is 68.2 Å². The normalized spacial score (nSPS) is 22.4. The number of nitrogen functional groups attached to an aromatic ring is 1. The van der Waals surface area contributed by atoms with Crippen molar-refractivity contribution < 1.29 is 9.50 Å². The molecule has 3 saturated heterocycles. The van der Waals surface area contributed by atoms with Crippen molar-refractivity contribution in [3.8, 4) is 28.8 Å². The van der Waals surface area contributed by atoms with Gasteiger partial charge in [0.25, 0.3) is 0 Å². The molecule has 40 heavy (non-hydrogen) atoms. The molecule has 3 aliphatic rings. The van der Waals surface area contributed by atoms with Gasteiger partial charge in [0.2, 0.25) is 5.82 Å². The van der Waals surface area contributed by atoms with E-state index in [2.05, 4.69) is 36.8 Å². The number of likely N-dealkylation sites (tertiary alicyclic amines) is 1. The average Bonchev–Trinajstić information content (AvgIpc) is 3.52. The van der Waals surface area contributed by atoms with Crippen molar-refractivity contribution in [1.29, 1.82) is 0 Å². The summed E-state index contributed by atoms with van der Waals surface area (Å²) in [6.45, 7) is 6.98. The van der Waals surface area contributed by atoms with Crippen LogP contribution in [0.15, 0.2) is 42.6 Å². The van der Waals surface area contributed by atoms with E-state index in [9.17, 15) is 9.50 Å².